The third-order valence-electron chi connectivity index (χ3n) is 3.34. The van der Waals surface area contributed by atoms with E-state index in [1.165, 1.54) is 6.07 Å². The van der Waals surface area contributed by atoms with E-state index in [4.69, 9.17) is 0 Å². The van der Waals surface area contributed by atoms with E-state index in [1.54, 1.807) is 17.4 Å². The summed E-state index contributed by atoms with van der Waals surface area (Å²) in [5, 5.41) is 5.25. The van der Waals surface area contributed by atoms with Crippen LogP contribution in [0, 0.1) is 5.82 Å². The Morgan fingerprint density at radius 3 is 2.85 bits per heavy atom. The third kappa shape index (κ3) is 4.10. The minimum absolute atomic E-state index is 0.0362. The standard InChI is InChI=1S/C15H20FN3S/c1-17-15(13-5-3-4-6-14(13)16)7-8-19(2)9-12-10-20-11-18-12/h3-6,10-11,15,17H,7-9H2,1-2H3. The van der Waals surface area contributed by atoms with Crippen LogP contribution >= 0.6 is 11.3 Å². The molecular formula is C15H20FN3S. The van der Waals surface area contributed by atoms with Crippen LogP contribution in [0.5, 0.6) is 0 Å². The fraction of sp³-hybridized carbons (Fsp3) is 0.400. The smallest absolute Gasteiger partial charge is 0.127 e. The zero-order valence-corrected chi connectivity index (χ0v) is 12.7. The number of hydrogen-bond acceptors (Lipinski definition) is 4. The van der Waals surface area contributed by atoms with Gasteiger partial charge in [-0.05, 0) is 26.6 Å². The molecule has 1 N–H and O–H groups in total. The molecule has 0 bridgehead atoms. The van der Waals surface area contributed by atoms with Crippen molar-refractivity contribution in [2.45, 2.75) is 19.0 Å². The molecule has 0 fully saturated rings. The second-order valence-corrected chi connectivity index (χ2v) is 5.59. The molecule has 1 atom stereocenters. The Bertz CT molecular complexity index is 516. The van der Waals surface area contributed by atoms with E-state index in [0.717, 1.165) is 30.8 Å². The highest BCUT2D eigenvalue weighted by molar-refractivity contribution is 7.07. The average molecular weight is 293 g/mol. The molecule has 1 heterocycles. The maximum atomic E-state index is 13.8. The van der Waals surface area contributed by atoms with Gasteiger partial charge in [0.05, 0.1) is 11.2 Å². The second-order valence-electron chi connectivity index (χ2n) is 4.87. The Kier molecular flexibility index (Phi) is 5.64. The van der Waals surface area contributed by atoms with Gasteiger partial charge >= 0.3 is 0 Å². The zero-order valence-electron chi connectivity index (χ0n) is 11.8. The van der Waals surface area contributed by atoms with Crippen LogP contribution in [0.4, 0.5) is 4.39 Å². The molecule has 3 nitrogen and oxygen atoms in total. The van der Waals surface area contributed by atoms with Gasteiger partial charge in [0.15, 0.2) is 0 Å². The van der Waals surface area contributed by atoms with Crippen molar-refractivity contribution in [1.82, 2.24) is 15.2 Å². The molecule has 0 saturated heterocycles. The van der Waals surface area contributed by atoms with E-state index >= 15 is 0 Å². The van der Waals surface area contributed by atoms with Crippen molar-refractivity contribution in [2.75, 3.05) is 20.6 Å². The number of nitrogens with zero attached hydrogens (tertiary/aromatic N) is 2. The molecule has 0 radical (unpaired) electrons. The number of benzene rings is 1. The number of halogens is 1. The van der Waals surface area contributed by atoms with Gasteiger partial charge in [0.2, 0.25) is 0 Å². The SMILES string of the molecule is CNC(CCN(C)Cc1cscn1)c1ccccc1F. The third-order valence-corrected chi connectivity index (χ3v) is 3.98. The van der Waals surface area contributed by atoms with Gasteiger partial charge in [-0.15, -0.1) is 11.3 Å². The zero-order chi connectivity index (χ0) is 14.4. The summed E-state index contributed by atoms with van der Waals surface area (Å²) < 4.78 is 13.8. The summed E-state index contributed by atoms with van der Waals surface area (Å²) in [7, 11) is 3.94. The molecule has 0 aliphatic carbocycles. The van der Waals surface area contributed by atoms with Gasteiger partial charge in [0.1, 0.15) is 5.82 Å². The molecule has 0 aliphatic rings. The number of hydrogen-bond donors (Lipinski definition) is 1. The second kappa shape index (κ2) is 7.47. The van der Waals surface area contributed by atoms with Crippen molar-refractivity contribution in [2.24, 2.45) is 0 Å². The normalized spacial score (nSPS) is 12.8. The predicted molar refractivity (Wildman–Crippen MR) is 81.3 cm³/mol. The van der Waals surface area contributed by atoms with Gasteiger partial charge < -0.3 is 10.2 Å². The van der Waals surface area contributed by atoms with E-state index in [9.17, 15) is 4.39 Å². The lowest BCUT2D eigenvalue weighted by atomic mass is 10.0. The fourth-order valence-corrected chi connectivity index (χ4v) is 2.78. The summed E-state index contributed by atoms with van der Waals surface area (Å²) >= 11 is 1.61. The number of nitrogens with one attached hydrogen (secondary N) is 1. The predicted octanol–water partition coefficient (Wildman–Crippen LogP) is 3.06. The summed E-state index contributed by atoms with van der Waals surface area (Å²) in [6.07, 6.45) is 0.859. The highest BCUT2D eigenvalue weighted by Crippen LogP contribution is 2.20. The average Bonchev–Trinajstić information content (AvgIpc) is 2.94. The lowest BCUT2D eigenvalue weighted by Crippen LogP contribution is -2.25. The Hall–Kier alpha value is -1.30. The van der Waals surface area contributed by atoms with Crippen molar-refractivity contribution < 1.29 is 4.39 Å². The fourth-order valence-electron chi connectivity index (χ4n) is 2.23. The molecule has 5 heteroatoms. The first kappa shape index (κ1) is 15.1. The number of rotatable bonds is 7. The minimum atomic E-state index is -0.144. The highest BCUT2D eigenvalue weighted by atomic mass is 32.1. The number of aromatic nitrogens is 1. The molecule has 0 amide bonds. The molecule has 2 aromatic rings. The Morgan fingerprint density at radius 2 is 2.20 bits per heavy atom. The van der Waals surface area contributed by atoms with Crippen LogP contribution in [-0.4, -0.2) is 30.5 Å². The number of thiazole rings is 1. The van der Waals surface area contributed by atoms with Crippen LogP contribution in [0.3, 0.4) is 0 Å². The first-order valence-corrected chi connectivity index (χ1v) is 7.62. The molecule has 1 aromatic carbocycles. The molecule has 1 unspecified atom stereocenters. The maximum absolute atomic E-state index is 13.8. The van der Waals surface area contributed by atoms with Crippen molar-refractivity contribution in [3.63, 3.8) is 0 Å². The van der Waals surface area contributed by atoms with E-state index < -0.39 is 0 Å². The van der Waals surface area contributed by atoms with E-state index in [-0.39, 0.29) is 11.9 Å². The van der Waals surface area contributed by atoms with Crippen LogP contribution in [0.1, 0.15) is 23.7 Å². The van der Waals surface area contributed by atoms with Crippen LogP contribution in [0.2, 0.25) is 0 Å². The van der Waals surface area contributed by atoms with Gasteiger partial charge in [-0.2, -0.15) is 0 Å². The van der Waals surface area contributed by atoms with Crippen LogP contribution in [-0.2, 0) is 6.54 Å². The molecule has 0 spiro atoms. The first-order valence-electron chi connectivity index (χ1n) is 6.68. The minimum Gasteiger partial charge on any atom is -0.313 e. The summed E-state index contributed by atoms with van der Waals surface area (Å²) in [4.78, 5) is 6.49. The van der Waals surface area contributed by atoms with E-state index in [2.05, 4.69) is 27.6 Å². The van der Waals surface area contributed by atoms with Gasteiger partial charge in [-0.25, -0.2) is 9.37 Å². The highest BCUT2D eigenvalue weighted by Gasteiger charge is 2.14. The topological polar surface area (TPSA) is 28.2 Å². The lowest BCUT2D eigenvalue weighted by molar-refractivity contribution is 0.299. The van der Waals surface area contributed by atoms with Crippen LogP contribution in [0.25, 0.3) is 0 Å². The van der Waals surface area contributed by atoms with E-state index in [1.807, 2.05) is 24.7 Å². The van der Waals surface area contributed by atoms with Crippen LogP contribution in [0.15, 0.2) is 35.2 Å². The molecule has 108 valence electrons. The largest absolute Gasteiger partial charge is 0.313 e. The first-order chi connectivity index (χ1) is 9.70. The van der Waals surface area contributed by atoms with E-state index in [0.29, 0.717) is 0 Å². The van der Waals surface area contributed by atoms with Crippen molar-refractivity contribution in [3.8, 4) is 0 Å². The van der Waals surface area contributed by atoms with Crippen molar-refractivity contribution in [3.05, 3.63) is 52.2 Å². The van der Waals surface area contributed by atoms with Gasteiger partial charge in [-0.3, -0.25) is 0 Å². The Labute approximate surface area is 123 Å². The molecule has 0 aliphatic heterocycles. The Balaban J connectivity index is 1.89. The van der Waals surface area contributed by atoms with Gasteiger partial charge in [0.25, 0.3) is 0 Å². The van der Waals surface area contributed by atoms with Gasteiger partial charge in [-0.1, -0.05) is 18.2 Å². The monoisotopic (exact) mass is 293 g/mol. The lowest BCUT2D eigenvalue weighted by Gasteiger charge is -2.21. The van der Waals surface area contributed by atoms with Crippen molar-refractivity contribution >= 4 is 11.3 Å². The molecular weight excluding hydrogens is 273 g/mol. The summed E-state index contributed by atoms with van der Waals surface area (Å²) in [6, 6.07) is 6.99. The molecule has 2 rings (SSSR count). The quantitative estimate of drug-likeness (QED) is 0.850. The van der Waals surface area contributed by atoms with Gasteiger partial charge in [0, 0.05) is 30.1 Å². The maximum Gasteiger partial charge on any atom is 0.127 e. The Morgan fingerprint density at radius 1 is 1.40 bits per heavy atom. The summed E-state index contributed by atoms with van der Waals surface area (Å²) in [5.74, 6) is -0.144. The summed E-state index contributed by atoms with van der Waals surface area (Å²) in [6.45, 7) is 1.72. The molecule has 0 saturated carbocycles. The van der Waals surface area contributed by atoms with Crippen LogP contribution < -0.4 is 5.32 Å². The molecule has 20 heavy (non-hydrogen) atoms. The molecule has 1 aromatic heterocycles. The van der Waals surface area contributed by atoms with Crippen molar-refractivity contribution in [1.29, 1.82) is 0 Å². The summed E-state index contributed by atoms with van der Waals surface area (Å²) in [5.41, 5.74) is 3.67.